The third-order valence-electron chi connectivity index (χ3n) is 3.57. The molecule has 18 heavy (non-hydrogen) atoms. The van der Waals surface area contributed by atoms with Gasteiger partial charge in [-0.3, -0.25) is 4.98 Å². The minimum absolute atomic E-state index is 0.481. The van der Waals surface area contributed by atoms with E-state index >= 15 is 0 Å². The van der Waals surface area contributed by atoms with Crippen molar-refractivity contribution >= 4 is 0 Å². The highest BCUT2D eigenvalue weighted by molar-refractivity contribution is 5.26. The van der Waals surface area contributed by atoms with Gasteiger partial charge >= 0.3 is 0 Å². The molecule has 1 aromatic heterocycles. The topological polar surface area (TPSA) is 24.9 Å². The summed E-state index contributed by atoms with van der Waals surface area (Å²) in [6.07, 6.45) is 8.81. The van der Waals surface area contributed by atoms with Crippen LogP contribution in [0.4, 0.5) is 0 Å². The number of aromatic nitrogens is 1. The largest absolute Gasteiger partial charge is 0.310 e. The summed E-state index contributed by atoms with van der Waals surface area (Å²) in [6, 6.07) is 2.67. The Kier molecular flexibility index (Phi) is 6.96. The highest BCUT2D eigenvalue weighted by Crippen LogP contribution is 2.26. The molecule has 0 aliphatic heterocycles. The van der Waals surface area contributed by atoms with Crippen LogP contribution < -0.4 is 5.32 Å². The molecule has 1 aromatic rings. The zero-order valence-electron chi connectivity index (χ0n) is 12.4. The Labute approximate surface area is 112 Å². The van der Waals surface area contributed by atoms with Gasteiger partial charge in [0.2, 0.25) is 0 Å². The van der Waals surface area contributed by atoms with Crippen molar-refractivity contribution in [1.82, 2.24) is 10.3 Å². The molecular formula is C16H28N2. The van der Waals surface area contributed by atoms with Gasteiger partial charge in [0.05, 0.1) is 0 Å². The van der Waals surface area contributed by atoms with Crippen LogP contribution in [0.3, 0.4) is 0 Å². The van der Waals surface area contributed by atoms with Crippen LogP contribution in [0, 0.1) is 5.92 Å². The van der Waals surface area contributed by atoms with E-state index in [9.17, 15) is 0 Å². The van der Waals surface area contributed by atoms with Crippen LogP contribution in [-0.2, 0) is 6.42 Å². The van der Waals surface area contributed by atoms with Crippen molar-refractivity contribution in [3.05, 3.63) is 29.6 Å². The average Bonchev–Trinajstić information content (AvgIpc) is 2.38. The highest BCUT2D eigenvalue weighted by atomic mass is 14.9. The number of aryl methyl sites for hydroxylation is 1. The number of nitrogens with zero attached hydrogens (tertiary/aromatic N) is 1. The third-order valence-corrected chi connectivity index (χ3v) is 3.57. The molecule has 102 valence electrons. The Morgan fingerprint density at radius 3 is 2.67 bits per heavy atom. The summed E-state index contributed by atoms with van der Waals surface area (Å²) in [5.41, 5.74) is 2.82. The molecule has 0 fully saturated rings. The second-order valence-corrected chi connectivity index (χ2v) is 5.17. The second kappa shape index (κ2) is 8.25. The molecule has 2 heteroatoms. The van der Waals surface area contributed by atoms with Crippen molar-refractivity contribution in [1.29, 1.82) is 0 Å². The lowest BCUT2D eigenvalue weighted by atomic mass is 9.91. The fourth-order valence-corrected chi connectivity index (χ4v) is 2.65. The van der Waals surface area contributed by atoms with E-state index in [-0.39, 0.29) is 0 Å². The standard InChI is InChI=1S/C16H28N2/c1-5-8-13(4)11-16(18-7-3)15-9-10-17-12-14(15)6-2/h9-10,12-13,16,18H,5-8,11H2,1-4H3. The first-order valence-corrected chi connectivity index (χ1v) is 7.38. The van der Waals surface area contributed by atoms with Gasteiger partial charge in [-0.1, -0.05) is 40.5 Å². The van der Waals surface area contributed by atoms with Gasteiger partial charge in [-0.25, -0.2) is 0 Å². The summed E-state index contributed by atoms with van der Waals surface area (Å²) in [5, 5.41) is 3.64. The summed E-state index contributed by atoms with van der Waals surface area (Å²) < 4.78 is 0. The van der Waals surface area contributed by atoms with Crippen LogP contribution in [-0.4, -0.2) is 11.5 Å². The first-order chi connectivity index (χ1) is 8.72. The molecule has 0 aliphatic rings. The van der Waals surface area contributed by atoms with Crippen LogP contribution in [0.15, 0.2) is 18.5 Å². The molecule has 0 radical (unpaired) electrons. The maximum atomic E-state index is 4.25. The summed E-state index contributed by atoms with van der Waals surface area (Å²) in [6.45, 7) is 10.0. The Balaban J connectivity index is 2.82. The highest BCUT2D eigenvalue weighted by Gasteiger charge is 2.16. The van der Waals surface area contributed by atoms with E-state index in [2.05, 4.69) is 44.1 Å². The summed E-state index contributed by atoms with van der Waals surface area (Å²) >= 11 is 0. The van der Waals surface area contributed by atoms with Crippen molar-refractivity contribution in [3.8, 4) is 0 Å². The Bertz CT molecular complexity index is 336. The number of hydrogen-bond donors (Lipinski definition) is 1. The number of nitrogens with one attached hydrogen (secondary N) is 1. The van der Waals surface area contributed by atoms with Crippen molar-refractivity contribution in [3.63, 3.8) is 0 Å². The van der Waals surface area contributed by atoms with E-state index in [0.29, 0.717) is 6.04 Å². The molecule has 2 unspecified atom stereocenters. The molecule has 2 nitrogen and oxygen atoms in total. The molecule has 1 N–H and O–H groups in total. The summed E-state index contributed by atoms with van der Waals surface area (Å²) in [7, 11) is 0. The molecule has 0 aromatic carbocycles. The molecule has 0 amide bonds. The maximum absolute atomic E-state index is 4.25. The fraction of sp³-hybridized carbons (Fsp3) is 0.688. The minimum atomic E-state index is 0.481. The zero-order valence-corrected chi connectivity index (χ0v) is 12.4. The second-order valence-electron chi connectivity index (χ2n) is 5.17. The third kappa shape index (κ3) is 4.41. The SMILES string of the molecule is CCCC(C)CC(NCC)c1ccncc1CC. The van der Waals surface area contributed by atoms with Crippen molar-refractivity contribution in [2.45, 2.75) is 59.4 Å². The van der Waals surface area contributed by atoms with Crippen LogP contribution >= 0.6 is 0 Å². The fourth-order valence-electron chi connectivity index (χ4n) is 2.65. The lowest BCUT2D eigenvalue weighted by Crippen LogP contribution is -2.24. The van der Waals surface area contributed by atoms with Gasteiger partial charge in [0, 0.05) is 18.4 Å². The molecule has 2 atom stereocenters. The van der Waals surface area contributed by atoms with E-state index in [4.69, 9.17) is 0 Å². The first kappa shape index (κ1) is 15.2. The molecule has 0 spiro atoms. The average molecular weight is 248 g/mol. The van der Waals surface area contributed by atoms with E-state index in [0.717, 1.165) is 18.9 Å². The van der Waals surface area contributed by atoms with Crippen LogP contribution in [0.25, 0.3) is 0 Å². The minimum Gasteiger partial charge on any atom is -0.310 e. The lowest BCUT2D eigenvalue weighted by Gasteiger charge is -2.24. The Morgan fingerprint density at radius 2 is 2.06 bits per heavy atom. The van der Waals surface area contributed by atoms with Gasteiger partial charge in [-0.05, 0) is 42.5 Å². The van der Waals surface area contributed by atoms with E-state index < -0.39 is 0 Å². The number of pyridine rings is 1. The van der Waals surface area contributed by atoms with Crippen LogP contribution in [0.5, 0.6) is 0 Å². The van der Waals surface area contributed by atoms with Gasteiger partial charge in [0.1, 0.15) is 0 Å². The van der Waals surface area contributed by atoms with Gasteiger partial charge in [0.15, 0.2) is 0 Å². The zero-order chi connectivity index (χ0) is 13.4. The monoisotopic (exact) mass is 248 g/mol. The predicted octanol–water partition coefficient (Wildman–Crippen LogP) is 4.12. The van der Waals surface area contributed by atoms with Crippen molar-refractivity contribution in [2.24, 2.45) is 5.92 Å². The molecule has 0 aliphatic carbocycles. The smallest absolute Gasteiger partial charge is 0.0326 e. The van der Waals surface area contributed by atoms with Gasteiger partial charge < -0.3 is 5.32 Å². The molecule has 0 saturated carbocycles. The molecule has 1 heterocycles. The van der Waals surface area contributed by atoms with E-state index in [1.165, 1.54) is 30.4 Å². The predicted molar refractivity (Wildman–Crippen MR) is 78.7 cm³/mol. The molecule has 0 bridgehead atoms. The molecule has 0 saturated heterocycles. The Morgan fingerprint density at radius 1 is 1.28 bits per heavy atom. The Hall–Kier alpha value is -0.890. The van der Waals surface area contributed by atoms with Crippen LogP contribution in [0.2, 0.25) is 0 Å². The number of rotatable bonds is 8. The first-order valence-electron chi connectivity index (χ1n) is 7.38. The van der Waals surface area contributed by atoms with Crippen molar-refractivity contribution < 1.29 is 0 Å². The summed E-state index contributed by atoms with van der Waals surface area (Å²) in [4.78, 5) is 4.25. The normalized spacial score (nSPS) is 14.4. The van der Waals surface area contributed by atoms with Crippen molar-refractivity contribution in [2.75, 3.05) is 6.54 Å². The van der Waals surface area contributed by atoms with Gasteiger partial charge in [0.25, 0.3) is 0 Å². The van der Waals surface area contributed by atoms with E-state index in [1.54, 1.807) is 0 Å². The quantitative estimate of drug-likeness (QED) is 0.748. The summed E-state index contributed by atoms with van der Waals surface area (Å²) in [5.74, 6) is 0.775. The van der Waals surface area contributed by atoms with E-state index in [1.807, 2.05) is 12.4 Å². The van der Waals surface area contributed by atoms with Gasteiger partial charge in [-0.15, -0.1) is 0 Å². The maximum Gasteiger partial charge on any atom is 0.0326 e. The lowest BCUT2D eigenvalue weighted by molar-refractivity contribution is 0.393. The number of hydrogen-bond acceptors (Lipinski definition) is 2. The van der Waals surface area contributed by atoms with Crippen LogP contribution in [0.1, 0.15) is 64.1 Å². The van der Waals surface area contributed by atoms with Gasteiger partial charge in [-0.2, -0.15) is 0 Å². The molecular weight excluding hydrogens is 220 g/mol. The molecule has 1 rings (SSSR count).